The summed E-state index contributed by atoms with van der Waals surface area (Å²) in [7, 11) is -7.68. The number of amides is 2. The van der Waals surface area contributed by atoms with Crippen LogP contribution in [0.3, 0.4) is 0 Å². The number of hydrogen-bond acceptors (Lipinski definition) is 11. The third-order valence-corrected chi connectivity index (χ3v) is 13.6. The van der Waals surface area contributed by atoms with Crippen LogP contribution >= 0.6 is 0 Å². The molecule has 0 aliphatic carbocycles. The number of allylic oxidation sites excluding steroid dienone is 2. The van der Waals surface area contributed by atoms with Crippen molar-refractivity contribution < 1.29 is 121 Å². The summed E-state index contributed by atoms with van der Waals surface area (Å²) in [4.78, 5) is 31.0. The van der Waals surface area contributed by atoms with Gasteiger partial charge in [-0.05, 0) is 176 Å². The molecule has 4 aromatic rings. The molecule has 8 rings (SSSR count). The molecule has 5 unspecified atom stereocenters. The predicted octanol–water partition coefficient (Wildman–Crippen LogP) is 10.1. The zero-order chi connectivity index (χ0) is 63.9. The fourth-order valence-electron chi connectivity index (χ4n) is 8.54. The number of alkyl halides is 3. The van der Waals surface area contributed by atoms with Gasteiger partial charge in [-0.25, -0.2) is 49.6 Å². The Morgan fingerprint density at radius 2 is 1.03 bits per heavy atom. The maximum absolute atomic E-state index is 13.5. The van der Waals surface area contributed by atoms with Crippen LogP contribution in [0.2, 0.25) is 0 Å². The standard InChI is InChI=1S/C17H21F2NO2.C12H18F3NO5S.C12H15F2N.C12H13F2N.C6H5BF2O2.B.Na.H/c1-11-5-6-15(12-7-13(18)9-14(19)8-12)20(10-11)16(21)22-17(2,3)4;1-8-5-6-9(21-22(18,19)12(13,14)15)16(7-8)10(17)20-11(2,3)4;2*1-8-2-3-12(15-7-8)9-4-10(13)6-11(14)5-9;8-5-1-4(7(10)11)2-6(9)3-5;;;/h6-9,11H,5,10H2,1-4H3;6,8H,5,7H2,1-4H3;4-6,8,12,15H,2-3,7H2,1H3;4-6,8H,2-3,7H2,1H3;1-3,10-11H;;;/q;;;;;;+1;-1. The van der Waals surface area contributed by atoms with E-state index >= 15 is 0 Å². The molecule has 5 atom stereocenters. The van der Waals surface area contributed by atoms with Gasteiger partial charge in [0.1, 0.15) is 57.7 Å². The first-order valence-electron chi connectivity index (χ1n) is 27.2. The molecular formula is C59H73B2F11N4NaO9S. The number of aliphatic imine (C=N–C) groups is 1. The molecule has 4 aliphatic heterocycles. The van der Waals surface area contributed by atoms with Gasteiger partial charge in [-0.3, -0.25) is 9.89 Å². The molecule has 0 saturated carbocycles. The van der Waals surface area contributed by atoms with Crippen molar-refractivity contribution in [2.24, 2.45) is 28.7 Å². The summed E-state index contributed by atoms with van der Waals surface area (Å²) >= 11 is 0. The maximum atomic E-state index is 13.5. The SMILES string of the molecule is CC1CC=C(OS(=O)(=O)C(F)(F)F)N(C(=O)OC(C)(C)C)C1.CC1CC=C(c2cc(F)cc(F)c2)N(C(=O)OC(C)(C)C)C1.CC1CCC(c2cc(F)cc(F)c2)=NC1.CC1CCC(c2cc(F)cc(F)c2)NC1.OB(O)c1cc(F)cc(F)c1.[B].[H-].[Na+]. The normalized spacial score (nSPS) is 19.4. The smallest absolute Gasteiger partial charge is 1.00 e. The first kappa shape index (κ1) is 77.7. The molecule has 4 heterocycles. The van der Waals surface area contributed by atoms with Gasteiger partial charge in [0.25, 0.3) is 0 Å². The fraction of sp³-hybridized carbons (Fsp3) is 0.475. The van der Waals surface area contributed by atoms with Crippen LogP contribution in [-0.4, -0.2) is 105 Å². The zero-order valence-corrected chi connectivity index (χ0v) is 53.2. The molecule has 3 N–H and O–H groups in total. The summed E-state index contributed by atoms with van der Waals surface area (Å²) in [5, 5.41) is 20.3. The van der Waals surface area contributed by atoms with Crippen LogP contribution < -0.4 is 40.3 Å². The van der Waals surface area contributed by atoms with Gasteiger partial charge in [-0.15, -0.1) is 0 Å². The third-order valence-electron chi connectivity index (χ3n) is 12.6. The fourth-order valence-corrected chi connectivity index (χ4v) is 9.02. The molecule has 1 fully saturated rings. The van der Waals surface area contributed by atoms with Crippen LogP contribution in [0, 0.1) is 70.2 Å². The van der Waals surface area contributed by atoms with Gasteiger partial charge >= 0.3 is 64.5 Å². The van der Waals surface area contributed by atoms with E-state index < -0.39 is 98.6 Å². The largest absolute Gasteiger partial charge is 1.00 e. The van der Waals surface area contributed by atoms with Crippen LogP contribution in [0.25, 0.3) is 5.70 Å². The molecule has 1 saturated heterocycles. The minimum atomic E-state index is -5.84. The molecule has 0 aromatic heterocycles. The minimum Gasteiger partial charge on any atom is -1.00 e. The summed E-state index contributed by atoms with van der Waals surface area (Å²) < 4.78 is 177. The van der Waals surface area contributed by atoms with Crippen molar-refractivity contribution in [3.63, 3.8) is 0 Å². The number of hydrogen-bond donors (Lipinski definition) is 3. The molecule has 3 radical (unpaired) electrons. The summed E-state index contributed by atoms with van der Waals surface area (Å²) in [5.74, 6) is -4.33. The van der Waals surface area contributed by atoms with E-state index in [4.69, 9.17) is 19.5 Å². The molecular weight excluding hydrogens is 1190 g/mol. The van der Waals surface area contributed by atoms with Gasteiger partial charge in [0.05, 0.1) is 5.70 Å². The van der Waals surface area contributed by atoms with Gasteiger partial charge in [-0.1, -0.05) is 33.8 Å². The van der Waals surface area contributed by atoms with Gasteiger partial charge < -0.3 is 30.4 Å². The number of halogens is 11. The van der Waals surface area contributed by atoms with Crippen LogP contribution in [0.4, 0.5) is 57.9 Å². The van der Waals surface area contributed by atoms with E-state index in [2.05, 4.69) is 28.3 Å². The second-order valence-electron chi connectivity index (χ2n) is 23.1. The average Bonchev–Trinajstić information content (AvgIpc) is 1.58. The Balaban J connectivity index is 0.000000556. The van der Waals surface area contributed by atoms with Gasteiger partial charge in [-0.2, -0.15) is 21.6 Å². The first-order valence-corrected chi connectivity index (χ1v) is 28.6. The number of piperidine rings is 1. The monoisotopic (exact) mass is 1270 g/mol. The molecule has 87 heavy (non-hydrogen) atoms. The second-order valence-corrected chi connectivity index (χ2v) is 24.7. The predicted molar refractivity (Wildman–Crippen MR) is 307 cm³/mol. The number of carbonyl (C=O) groups is 2. The second kappa shape index (κ2) is 33.9. The summed E-state index contributed by atoms with van der Waals surface area (Å²) in [5.41, 5.74) is -4.31. The first-order chi connectivity index (χ1) is 39.3. The van der Waals surface area contributed by atoms with Gasteiger partial charge in [0.15, 0.2) is 0 Å². The molecule has 4 aromatic carbocycles. The Morgan fingerprint density at radius 1 is 0.609 bits per heavy atom. The van der Waals surface area contributed by atoms with Crippen LogP contribution in [0.15, 0.2) is 95.8 Å². The number of ether oxygens (including phenoxy) is 2. The molecule has 0 bridgehead atoms. The Kier molecular flexibility index (Phi) is 30.3. The molecule has 473 valence electrons. The van der Waals surface area contributed by atoms with Crippen molar-refractivity contribution in [3.05, 3.63) is 154 Å². The molecule has 2 amide bonds. The minimum absolute atomic E-state index is 0. The summed E-state index contributed by atoms with van der Waals surface area (Å²) in [6, 6.07) is 13.0. The van der Waals surface area contributed by atoms with Crippen LogP contribution in [-0.2, 0) is 23.8 Å². The number of nitrogens with zero attached hydrogens (tertiary/aromatic N) is 3. The van der Waals surface area contributed by atoms with E-state index in [1.165, 1.54) is 41.3 Å². The topological polar surface area (TPSA) is 167 Å². The summed E-state index contributed by atoms with van der Waals surface area (Å²) in [6.07, 6.45) is 6.40. The Morgan fingerprint density at radius 3 is 1.45 bits per heavy atom. The van der Waals surface area contributed by atoms with E-state index in [-0.39, 0.29) is 75.7 Å². The van der Waals surface area contributed by atoms with Crippen molar-refractivity contribution in [2.75, 3.05) is 26.2 Å². The Bertz CT molecular complexity index is 3070. The molecule has 4 aliphatic rings. The quantitative estimate of drug-likeness (QED) is 0.0732. The van der Waals surface area contributed by atoms with Crippen LogP contribution in [0.5, 0.6) is 0 Å². The third kappa shape index (κ3) is 26.7. The van der Waals surface area contributed by atoms with E-state index in [0.29, 0.717) is 41.3 Å². The number of carbonyl (C=O) groups excluding carboxylic acids is 2. The Labute approximate surface area is 527 Å². The van der Waals surface area contributed by atoms with E-state index in [1.54, 1.807) is 48.5 Å². The Hall–Kier alpha value is -5.44. The number of rotatable bonds is 6. The van der Waals surface area contributed by atoms with Crippen molar-refractivity contribution >= 4 is 54.7 Å². The van der Waals surface area contributed by atoms with Crippen molar-refractivity contribution in [2.45, 2.75) is 131 Å². The van der Waals surface area contributed by atoms with E-state index in [0.717, 1.165) is 97.8 Å². The summed E-state index contributed by atoms with van der Waals surface area (Å²) in [6.45, 7) is 20.3. The molecule has 28 heteroatoms. The van der Waals surface area contributed by atoms with E-state index in [9.17, 15) is 66.3 Å². The average molecular weight is 1270 g/mol. The van der Waals surface area contributed by atoms with Gasteiger partial charge in [0.2, 0.25) is 5.88 Å². The van der Waals surface area contributed by atoms with Crippen molar-refractivity contribution in [3.8, 4) is 0 Å². The number of benzene rings is 4. The van der Waals surface area contributed by atoms with Crippen molar-refractivity contribution in [1.29, 1.82) is 0 Å². The molecule has 0 spiro atoms. The molecule has 13 nitrogen and oxygen atoms in total. The van der Waals surface area contributed by atoms with Gasteiger partial charge in [0, 0.05) is 75.2 Å². The maximum Gasteiger partial charge on any atom is 1.00 e. The van der Waals surface area contributed by atoms with Crippen molar-refractivity contribution in [1.82, 2.24) is 15.1 Å². The number of nitrogens with one attached hydrogen (secondary N) is 1. The van der Waals surface area contributed by atoms with E-state index in [1.807, 2.05) is 13.0 Å². The zero-order valence-electron chi connectivity index (χ0n) is 51.4. The van der Waals surface area contributed by atoms with Crippen LogP contribution in [0.1, 0.15) is 132 Å².